The highest BCUT2D eigenvalue weighted by Crippen LogP contribution is 2.08. The van der Waals surface area contributed by atoms with Crippen molar-refractivity contribution >= 4 is 23.0 Å². The molecule has 0 aliphatic rings. The molecular weight excluding hydrogens is 216 g/mol. The normalized spacial score (nSPS) is 9.88. The van der Waals surface area contributed by atoms with Crippen LogP contribution in [0.3, 0.4) is 0 Å². The highest BCUT2D eigenvalue weighted by Gasteiger charge is 1.96. The Hall–Kier alpha value is -1.09. The Morgan fingerprint density at radius 3 is 2.50 bits per heavy atom. The number of thiocarbonyl (C=S) groups is 1. The van der Waals surface area contributed by atoms with E-state index in [1.165, 1.54) is 24.8 Å². The molecule has 0 fully saturated rings. The molecular formula is C13H20N2S. The maximum absolute atomic E-state index is 5.20. The molecule has 0 aliphatic heterocycles. The lowest BCUT2D eigenvalue weighted by Crippen LogP contribution is -2.29. The van der Waals surface area contributed by atoms with Crippen LogP contribution in [-0.2, 0) is 0 Å². The Kier molecular flexibility index (Phi) is 5.86. The number of benzene rings is 1. The molecule has 0 radical (unpaired) electrons. The molecule has 0 aromatic heterocycles. The lowest BCUT2D eigenvalue weighted by atomic mass is 10.2. The van der Waals surface area contributed by atoms with E-state index in [-0.39, 0.29) is 0 Å². The molecule has 0 saturated heterocycles. The molecule has 0 amide bonds. The van der Waals surface area contributed by atoms with E-state index in [4.69, 9.17) is 12.2 Å². The molecule has 2 nitrogen and oxygen atoms in total. The first-order valence-electron chi connectivity index (χ1n) is 5.84. The molecule has 0 aliphatic carbocycles. The summed E-state index contributed by atoms with van der Waals surface area (Å²) in [5.74, 6) is 0. The van der Waals surface area contributed by atoms with Crippen LogP contribution in [0.25, 0.3) is 0 Å². The maximum Gasteiger partial charge on any atom is 0.170 e. The summed E-state index contributed by atoms with van der Waals surface area (Å²) in [5, 5.41) is 7.08. The van der Waals surface area contributed by atoms with Crippen LogP contribution in [0.4, 0.5) is 5.69 Å². The molecule has 0 heterocycles. The molecule has 1 aromatic rings. The van der Waals surface area contributed by atoms with Gasteiger partial charge in [-0.2, -0.15) is 0 Å². The molecule has 16 heavy (non-hydrogen) atoms. The average molecular weight is 236 g/mol. The fourth-order valence-electron chi connectivity index (χ4n) is 1.39. The van der Waals surface area contributed by atoms with Crippen LogP contribution in [0, 0.1) is 6.92 Å². The maximum atomic E-state index is 5.20. The number of aryl methyl sites for hydroxylation is 1. The third-order valence-corrected chi connectivity index (χ3v) is 2.62. The second kappa shape index (κ2) is 7.23. The third-order valence-electron chi connectivity index (χ3n) is 2.38. The Bertz CT molecular complexity index is 319. The van der Waals surface area contributed by atoms with Crippen molar-refractivity contribution in [3.8, 4) is 0 Å². The van der Waals surface area contributed by atoms with Gasteiger partial charge in [-0.1, -0.05) is 37.5 Å². The van der Waals surface area contributed by atoms with Gasteiger partial charge >= 0.3 is 0 Å². The summed E-state index contributed by atoms with van der Waals surface area (Å²) in [6.07, 6.45) is 3.66. The van der Waals surface area contributed by atoms with E-state index < -0.39 is 0 Å². The van der Waals surface area contributed by atoms with E-state index in [2.05, 4.69) is 36.6 Å². The second-order valence-electron chi connectivity index (χ2n) is 3.95. The molecule has 88 valence electrons. The summed E-state index contributed by atoms with van der Waals surface area (Å²) in [6.45, 7) is 5.22. The molecule has 0 bridgehead atoms. The molecule has 3 heteroatoms. The number of anilines is 1. The van der Waals surface area contributed by atoms with E-state index in [0.29, 0.717) is 5.11 Å². The van der Waals surface area contributed by atoms with Crippen LogP contribution in [0.5, 0.6) is 0 Å². The summed E-state index contributed by atoms with van der Waals surface area (Å²) in [7, 11) is 0. The van der Waals surface area contributed by atoms with Crippen molar-refractivity contribution in [3.63, 3.8) is 0 Å². The van der Waals surface area contributed by atoms with Gasteiger partial charge in [-0.15, -0.1) is 0 Å². The van der Waals surface area contributed by atoms with E-state index >= 15 is 0 Å². The van der Waals surface area contributed by atoms with Gasteiger partial charge in [0.15, 0.2) is 5.11 Å². The van der Waals surface area contributed by atoms with Crippen LogP contribution in [-0.4, -0.2) is 11.7 Å². The van der Waals surface area contributed by atoms with E-state index in [0.717, 1.165) is 12.2 Å². The van der Waals surface area contributed by atoms with Gasteiger partial charge in [0.05, 0.1) is 0 Å². The number of nitrogens with one attached hydrogen (secondary N) is 2. The van der Waals surface area contributed by atoms with Crippen LogP contribution >= 0.6 is 12.2 Å². The van der Waals surface area contributed by atoms with Gasteiger partial charge in [-0.05, 0) is 37.7 Å². The molecule has 1 aromatic carbocycles. The average Bonchev–Trinajstić information content (AvgIpc) is 2.28. The SMILES string of the molecule is CCCCCNC(=S)Nc1ccc(C)cc1. The van der Waals surface area contributed by atoms with Gasteiger partial charge in [0.2, 0.25) is 0 Å². The fraction of sp³-hybridized carbons (Fsp3) is 0.462. The number of rotatable bonds is 5. The highest BCUT2D eigenvalue weighted by atomic mass is 32.1. The van der Waals surface area contributed by atoms with Crippen LogP contribution in [0.1, 0.15) is 31.7 Å². The first-order valence-corrected chi connectivity index (χ1v) is 6.24. The van der Waals surface area contributed by atoms with Gasteiger partial charge in [0, 0.05) is 12.2 Å². The summed E-state index contributed by atoms with van der Waals surface area (Å²) >= 11 is 5.20. The van der Waals surface area contributed by atoms with Crippen molar-refractivity contribution in [2.24, 2.45) is 0 Å². The topological polar surface area (TPSA) is 24.1 Å². The van der Waals surface area contributed by atoms with E-state index in [9.17, 15) is 0 Å². The number of hydrogen-bond donors (Lipinski definition) is 2. The minimum atomic E-state index is 0.708. The Labute approximate surface area is 103 Å². The highest BCUT2D eigenvalue weighted by molar-refractivity contribution is 7.80. The molecule has 0 spiro atoms. The number of unbranched alkanes of at least 4 members (excludes halogenated alkanes) is 2. The first-order chi connectivity index (χ1) is 7.72. The summed E-state index contributed by atoms with van der Waals surface area (Å²) in [5.41, 5.74) is 2.30. The molecule has 0 unspecified atom stereocenters. The van der Waals surface area contributed by atoms with Crippen LogP contribution in [0.2, 0.25) is 0 Å². The summed E-state index contributed by atoms with van der Waals surface area (Å²) in [4.78, 5) is 0. The minimum absolute atomic E-state index is 0.708. The Balaban J connectivity index is 2.26. The van der Waals surface area contributed by atoms with Crippen molar-refractivity contribution in [2.75, 3.05) is 11.9 Å². The zero-order valence-electron chi connectivity index (χ0n) is 10.0. The van der Waals surface area contributed by atoms with Crippen molar-refractivity contribution < 1.29 is 0 Å². The Morgan fingerprint density at radius 1 is 1.19 bits per heavy atom. The largest absolute Gasteiger partial charge is 0.362 e. The van der Waals surface area contributed by atoms with Crippen molar-refractivity contribution in [1.82, 2.24) is 5.32 Å². The van der Waals surface area contributed by atoms with Gasteiger partial charge in [-0.25, -0.2) is 0 Å². The quantitative estimate of drug-likeness (QED) is 0.604. The Morgan fingerprint density at radius 2 is 1.88 bits per heavy atom. The van der Waals surface area contributed by atoms with E-state index in [1.807, 2.05) is 12.1 Å². The van der Waals surface area contributed by atoms with Gasteiger partial charge < -0.3 is 10.6 Å². The van der Waals surface area contributed by atoms with Gasteiger partial charge in [0.25, 0.3) is 0 Å². The molecule has 2 N–H and O–H groups in total. The van der Waals surface area contributed by atoms with E-state index in [1.54, 1.807) is 0 Å². The summed E-state index contributed by atoms with van der Waals surface area (Å²) < 4.78 is 0. The van der Waals surface area contributed by atoms with Crippen LogP contribution < -0.4 is 10.6 Å². The number of hydrogen-bond acceptors (Lipinski definition) is 1. The zero-order valence-corrected chi connectivity index (χ0v) is 10.9. The molecule has 1 rings (SSSR count). The van der Waals surface area contributed by atoms with Gasteiger partial charge in [-0.3, -0.25) is 0 Å². The van der Waals surface area contributed by atoms with Crippen LogP contribution in [0.15, 0.2) is 24.3 Å². The van der Waals surface area contributed by atoms with Gasteiger partial charge in [0.1, 0.15) is 0 Å². The first kappa shape index (κ1) is 13.0. The standard InChI is InChI=1S/C13H20N2S/c1-3-4-5-10-14-13(16)15-12-8-6-11(2)7-9-12/h6-9H,3-5,10H2,1-2H3,(H2,14,15,16). The summed E-state index contributed by atoms with van der Waals surface area (Å²) in [6, 6.07) is 8.22. The monoisotopic (exact) mass is 236 g/mol. The lowest BCUT2D eigenvalue weighted by molar-refractivity contribution is 0.698. The lowest BCUT2D eigenvalue weighted by Gasteiger charge is -2.10. The second-order valence-corrected chi connectivity index (χ2v) is 4.36. The van der Waals surface area contributed by atoms with Crippen molar-refractivity contribution in [2.45, 2.75) is 33.1 Å². The minimum Gasteiger partial charge on any atom is -0.362 e. The molecule has 0 atom stereocenters. The predicted molar refractivity (Wildman–Crippen MR) is 74.9 cm³/mol. The predicted octanol–water partition coefficient (Wildman–Crippen LogP) is 3.47. The third kappa shape index (κ3) is 5.12. The smallest absolute Gasteiger partial charge is 0.170 e. The fourth-order valence-corrected chi connectivity index (χ4v) is 1.61. The molecule has 0 saturated carbocycles. The zero-order chi connectivity index (χ0) is 11.8. The van der Waals surface area contributed by atoms with Crippen molar-refractivity contribution in [1.29, 1.82) is 0 Å². The van der Waals surface area contributed by atoms with Crippen molar-refractivity contribution in [3.05, 3.63) is 29.8 Å².